The average Bonchev–Trinajstić information content (AvgIpc) is 3.08. The minimum atomic E-state index is -1.24. The Morgan fingerprint density at radius 2 is 1.92 bits per heavy atom. The second-order valence-electron chi connectivity index (χ2n) is 6.81. The van der Waals surface area contributed by atoms with Gasteiger partial charge in [0.05, 0.1) is 6.54 Å². The van der Waals surface area contributed by atoms with E-state index in [2.05, 4.69) is 22.6 Å². The lowest BCUT2D eigenvalue weighted by molar-refractivity contribution is 0.0593. The molecule has 24 heavy (non-hydrogen) atoms. The number of halogens is 1. The second-order valence-corrected chi connectivity index (χ2v) is 6.81. The molecule has 0 spiro atoms. The molecule has 1 unspecified atom stereocenters. The van der Waals surface area contributed by atoms with Crippen LogP contribution in [0.3, 0.4) is 0 Å². The van der Waals surface area contributed by atoms with Crippen molar-refractivity contribution in [2.45, 2.75) is 44.2 Å². The Balaban J connectivity index is 1.69. The molecule has 6 heteroatoms. The van der Waals surface area contributed by atoms with Crippen molar-refractivity contribution in [2.24, 2.45) is 0 Å². The number of carbonyl (C=O) groups excluding carboxylic acids is 1. The predicted octanol–water partition coefficient (Wildman–Crippen LogP) is 2.21. The standard InChI is InChI=1S/C18H28FN3O2/c1-18(24,14-7-9-15(19)10-8-14)13-21-17(23)20-11-12-22(2)16-5-3-4-6-16/h7-10,16,24H,3-6,11-13H2,1-2H3,(H2,20,21,23). The summed E-state index contributed by atoms with van der Waals surface area (Å²) in [6.45, 7) is 3.03. The van der Waals surface area contributed by atoms with Crippen LogP contribution in [0.15, 0.2) is 24.3 Å². The maximum atomic E-state index is 12.9. The van der Waals surface area contributed by atoms with Gasteiger partial charge in [-0.3, -0.25) is 0 Å². The fourth-order valence-corrected chi connectivity index (χ4v) is 3.10. The summed E-state index contributed by atoms with van der Waals surface area (Å²) >= 11 is 0. The zero-order valence-electron chi connectivity index (χ0n) is 14.5. The van der Waals surface area contributed by atoms with Crippen LogP contribution in [0.2, 0.25) is 0 Å². The van der Waals surface area contributed by atoms with E-state index in [1.807, 2.05) is 0 Å². The molecule has 5 nitrogen and oxygen atoms in total. The lowest BCUT2D eigenvalue weighted by Crippen LogP contribution is -2.45. The van der Waals surface area contributed by atoms with Gasteiger partial charge in [-0.1, -0.05) is 25.0 Å². The number of urea groups is 1. The van der Waals surface area contributed by atoms with Crippen molar-refractivity contribution in [3.8, 4) is 0 Å². The number of amides is 2. The smallest absolute Gasteiger partial charge is 0.314 e. The molecule has 0 aromatic heterocycles. The summed E-state index contributed by atoms with van der Waals surface area (Å²) in [7, 11) is 2.09. The number of hydrogen-bond donors (Lipinski definition) is 3. The Bertz CT molecular complexity index is 528. The topological polar surface area (TPSA) is 64.6 Å². The molecule has 0 aliphatic heterocycles. The molecule has 1 aliphatic rings. The van der Waals surface area contributed by atoms with Gasteiger partial charge in [-0.15, -0.1) is 0 Å². The van der Waals surface area contributed by atoms with Gasteiger partial charge in [-0.05, 0) is 44.5 Å². The van der Waals surface area contributed by atoms with Gasteiger partial charge in [0.25, 0.3) is 0 Å². The van der Waals surface area contributed by atoms with Crippen molar-refractivity contribution in [3.63, 3.8) is 0 Å². The van der Waals surface area contributed by atoms with E-state index in [1.54, 1.807) is 6.92 Å². The number of aliphatic hydroxyl groups is 1. The Kier molecular flexibility index (Phi) is 6.57. The first-order valence-electron chi connectivity index (χ1n) is 8.59. The number of hydrogen-bond acceptors (Lipinski definition) is 3. The van der Waals surface area contributed by atoms with Crippen LogP contribution < -0.4 is 10.6 Å². The number of nitrogens with one attached hydrogen (secondary N) is 2. The van der Waals surface area contributed by atoms with Crippen molar-refractivity contribution >= 4 is 6.03 Å². The molecule has 0 radical (unpaired) electrons. The Hall–Kier alpha value is -1.66. The molecule has 1 aromatic carbocycles. The van der Waals surface area contributed by atoms with Gasteiger partial charge in [-0.2, -0.15) is 0 Å². The third-order valence-corrected chi connectivity index (χ3v) is 4.76. The normalized spacial score (nSPS) is 17.7. The SMILES string of the molecule is CN(CCNC(=O)NCC(C)(O)c1ccc(F)cc1)C1CCCC1. The zero-order chi connectivity index (χ0) is 17.6. The van der Waals surface area contributed by atoms with Crippen LogP contribution in [-0.4, -0.2) is 48.8 Å². The summed E-state index contributed by atoms with van der Waals surface area (Å²) in [6.07, 6.45) is 5.06. The van der Waals surface area contributed by atoms with Crippen LogP contribution in [0.5, 0.6) is 0 Å². The van der Waals surface area contributed by atoms with E-state index in [9.17, 15) is 14.3 Å². The van der Waals surface area contributed by atoms with Crippen LogP contribution in [0.4, 0.5) is 9.18 Å². The Labute approximate surface area is 143 Å². The van der Waals surface area contributed by atoms with Gasteiger partial charge in [0.2, 0.25) is 0 Å². The van der Waals surface area contributed by atoms with E-state index in [0.717, 1.165) is 6.54 Å². The van der Waals surface area contributed by atoms with Gasteiger partial charge < -0.3 is 20.6 Å². The van der Waals surface area contributed by atoms with Crippen molar-refractivity contribution in [3.05, 3.63) is 35.6 Å². The predicted molar refractivity (Wildman–Crippen MR) is 92.3 cm³/mol. The van der Waals surface area contributed by atoms with Crippen molar-refractivity contribution < 1.29 is 14.3 Å². The van der Waals surface area contributed by atoms with E-state index >= 15 is 0 Å². The number of benzene rings is 1. The number of rotatable bonds is 7. The molecule has 2 rings (SSSR count). The van der Waals surface area contributed by atoms with Gasteiger partial charge in [0.1, 0.15) is 11.4 Å². The highest BCUT2D eigenvalue weighted by Gasteiger charge is 2.24. The lowest BCUT2D eigenvalue weighted by Gasteiger charge is -2.25. The minimum absolute atomic E-state index is 0.0585. The van der Waals surface area contributed by atoms with Crippen LogP contribution in [0.25, 0.3) is 0 Å². The first kappa shape index (κ1) is 18.7. The average molecular weight is 337 g/mol. The van der Waals surface area contributed by atoms with E-state index in [0.29, 0.717) is 18.2 Å². The summed E-state index contributed by atoms with van der Waals surface area (Å²) in [4.78, 5) is 14.2. The van der Waals surface area contributed by atoms with Crippen LogP contribution >= 0.6 is 0 Å². The summed E-state index contributed by atoms with van der Waals surface area (Å²) in [5.74, 6) is -0.355. The zero-order valence-corrected chi connectivity index (χ0v) is 14.5. The summed E-state index contributed by atoms with van der Waals surface area (Å²) in [5, 5.41) is 15.9. The summed E-state index contributed by atoms with van der Waals surface area (Å²) in [5.41, 5.74) is -0.684. The molecule has 1 saturated carbocycles. The number of nitrogens with zero attached hydrogens (tertiary/aromatic N) is 1. The molecular formula is C18H28FN3O2. The van der Waals surface area contributed by atoms with Crippen molar-refractivity contribution in [2.75, 3.05) is 26.7 Å². The van der Waals surface area contributed by atoms with Crippen LogP contribution in [0, 0.1) is 5.82 Å². The van der Waals surface area contributed by atoms with Gasteiger partial charge >= 0.3 is 6.03 Å². The maximum absolute atomic E-state index is 12.9. The third-order valence-electron chi connectivity index (χ3n) is 4.76. The molecular weight excluding hydrogens is 309 g/mol. The lowest BCUT2D eigenvalue weighted by atomic mass is 9.96. The van der Waals surface area contributed by atoms with E-state index in [4.69, 9.17) is 0 Å². The summed E-state index contributed by atoms with van der Waals surface area (Å²) < 4.78 is 12.9. The van der Waals surface area contributed by atoms with Gasteiger partial charge in [0.15, 0.2) is 0 Å². The first-order chi connectivity index (χ1) is 11.4. The Morgan fingerprint density at radius 3 is 2.54 bits per heavy atom. The van der Waals surface area contributed by atoms with E-state index < -0.39 is 5.60 Å². The molecule has 3 N–H and O–H groups in total. The fourth-order valence-electron chi connectivity index (χ4n) is 3.10. The third kappa shape index (κ3) is 5.46. The van der Waals surface area contributed by atoms with E-state index in [1.165, 1.54) is 49.9 Å². The largest absolute Gasteiger partial charge is 0.384 e. The number of likely N-dealkylation sites (N-methyl/N-ethyl adjacent to an activating group) is 1. The van der Waals surface area contributed by atoms with Gasteiger partial charge in [0, 0.05) is 19.1 Å². The molecule has 1 aliphatic carbocycles. The first-order valence-corrected chi connectivity index (χ1v) is 8.59. The molecule has 1 aromatic rings. The minimum Gasteiger partial charge on any atom is -0.384 e. The molecule has 0 heterocycles. The fraction of sp³-hybridized carbons (Fsp3) is 0.611. The monoisotopic (exact) mass is 337 g/mol. The highest BCUT2D eigenvalue weighted by molar-refractivity contribution is 5.73. The molecule has 0 bridgehead atoms. The highest BCUT2D eigenvalue weighted by Crippen LogP contribution is 2.22. The quantitative estimate of drug-likeness (QED) is 0.715. The van der Waals surface area contributed by atoms with Crippen molar-refractivity contribution in [1.82, 2.24) is 15.5 Å². The van der Waals surface area contributed by atoms with Crippen molar-refractivity contribution in [1.29, 1.82) is 0 Å². The van der Waals surface area contributed by atoms with Crippen LogP contribution in [0.1, 0.15) is 38.2 Å². The molecule has 1 fully saturated rings. The molecule has 134 valence electrons. The molecule has 0 saturated heterocycles. The second kappa shape index (κ2) is 8.44. The highest BCUT2D eigenvalue weighted by atomic mass is 19.1. The Morgan fingerprint density at radius 1 is 1.29 bits per heavy atom. The summed E-state index contributed by atoms with van der Waals surface area (Å²) in [6, 6.07) is 5.95. The molecule has 1 atom stereocenters. The number of carbonyl (C=O) groups is 1. The van der Waals surface area contributed by atoms with Crippen LogP contribution in [-0.2, 0) is 5.60 Å². The van der Waals surface area contributed by atoms with Gasteiger partial charge in [-0.25, -0.2) is 9.18 Å². The van der Waals surface area contributed by atoms with E-state index in [-0.39, 0.29) is 18.4 Å². The maximum Gasteiger partial charge on any atom is 0.314 e. The molecule has 2 amide bonds.